The maximum Gasteiger partial charge on any atom is 0.277 e. The molecule has 1 amide bonds. The Kier molecular flexibility index (Phi) is 2.29. The first-order valence-corrected chi connectivity index (χ1v) is 6.04. The molecule has 0 saturated heterocycles. The summed E-state index contributed by atoms with van der Waals surface area (Å²) in [5.74, 6) is -0.309. The third kappa shape index (κ3) is 1.66. The Balaban J connectivity index is 2.08. The molecule has 5 nitrogen and oxygen atoms in total. The number of fused-ring (bicyclic) bond motifs is 1. The van der Waals surface area contributed by atoms with Crippen LogP contribution in [0.15, 0.2) is 22.3 Å². The third-order valence-corrected chi connectivity index (χ3v) is 3.62. The molecule has 1 aliphatic rings. The van der Waals surface area contributed by atoms with Crippen LogP contribution in [-0.4, -0.2) is 16.1 Å². The van der Waals surface area contributed by atoms with Gasteiger partial charge in [0.2, 0.25) is 0 Å². The quantitative estimate of drug-likeness (QED) is 0.819. The van der Waals surface area contributed by atoms with Crippen LogP contribution in [0.2, 0.25) is 0 Å². The minimum absolute atomic E-state index is 0.214. The van der Waals surface area contributed by atoms with E-state index in [0.717, 1.165) is 16.1 Å². The highest BCUT2D eigenvalue weighted by atomic mass is 32.1. The highest BCUT2D eigenvalue weighted by Crippen LogP contribution is 2.19. The Morgan fingerprint density at radius 2 is 2.29 bits per heavy atom. The van der Waals surface area contributed by atoms with Crippen LogP contribution < -0.4 is 10.9 Å². The molecule has 2 aromatic heterocycles. The van der Waals surface area contributed by atoms with Crippen LogP contribution in [0.4, 0.5) is 0 Å². The Bertz CT molecular complexity index is 631. The zero-order valence-electron chi connectivity index (χ0n) is 8.82. The predicted octanol–water partition coefficient (Wildman–Crippen LogP) is 0.666. The fraction of sp³-hybridized carbons (Fsp3) is 0.182. The smallest absolute Gasteiger partial charge is 0.277 e. The van der Waals surface area contributed by atoms with Gasteiger partial charge in [-0.05, 0) is 11.4 Å². The van der Waals surface area contributed by atoms with Crippen molar-refractivity contribution in [2.24, 2.45) is 0 Å². The summed E-state index contributed by atoms with van der Waals surface area (Å²) in [4.78, 5) is 24.1. The highest BCUT2D eigenvalue weighted by molar-refractivity contribution is 7.09. The number of nitrogens with zero attached hydrogens (tertiary/aromatic N) is 1. The van der Waals surface area contributed by atoms with Crippen LogP contribution in [0.25, 0.3) is 0 Å². The highest BCUT2D eigenvalue weighted by Gasteiger charge is 2.26. The van der Waals surface area contributed by atoms with Crippen molar-refractivity contribution in [1.82, 2.24) is 15.5 Å². The van der Waals surface area contributed by atoms with Gasteiger partial charge in [0, 0.05) is 23.4 Å². The third-order valence-electron chi connectivity index (χ3n) is 2.74. The molecule has 2 N–H and O–H groups in total. The fourth-order valence-electron chi connectivity index (χ4n) is 1.94. The molecule has 0 unspecified atom stereocenters. The van der Waals surface area contributed by atoms with E-state index in [1.54, 1.807) is 11.3 Å². The molecule has 0 bridgehead atoms. The van der Waals surface area contributed by atoms with E-state index in [9.17, 15) is 9.59 Å². The van der Waals surface area contributed by atoms with E-state index >= 15 is 0 Å². The molecule has 2 aromatic rings. The number of carbonyl (C=O) groups excluding carboxylic acids is 1. The molecule has 0 spiro atoms. The van der Waals surface area contributed by atoms with Gasteiger partial charge in [-0.25, -0.2) is 5.10 Å². The summed E-state index contributed by atoms with van der Waals surface area (Å²) in [7, 11) is 0. The molecule has 6 heteroatoms. The summed E-state index contributed by atoms with van der Waals surface area (Å²) in [6, 6.07) is 3.98. The van der Waals surface area contributed by atoms with Crippen molar-refractivity contribution in [2.45, 2.75) is 13.0 Å². The molecule has 17 heavy (non-hydrogen) atoms. The number of hydrogen-bond acceptors (Lipinski definition) is 4. The van der Waals surface area contributed by atoms with E-state index in [1.165, 1.54) is 0 Å². The van der Waals surface area contributed by atoms with E-state index in [4.69, 9.17) is 0 Å². The first-order chi connectivity index (χ1) is 8.25. The average Bonchev–Trinajstić information content (AvgIpc) is 2.93. The molecular weight excluding hydrogens is 238 g/mol. The van der Waals surface area contributed by atoms with Gasteiger partial charge in [-0.2, -0.15) is 5.10 Å². The lowest BCUT2D eigenvalue weighted by Gasteiger charge is -2.02. The van der Waals surface area contributed by atoms with Crippen LogP contribution in [0, 0.1) is 0 Å². The first kappa shape index (κ1) is 10.2. The Morgan fingerprint density at radius 1 is 1.41 bits per heavy atom. The molecule has 1 aliphatic heterocycles. The number of amides is 1. The van der Waals surface area contributed by atoms with Crippen molar-refractivity contribution in [1.29, 1.82) is 0 Å². The lowest BCUT2D eigenvalue weighted by Crippen LogP contribution is -2.22. The summed E-state index contributed by atoms with van der Waals surface area (Å²) in [6.45, 7) is 0.395. The molecule has 0 atom stereocenters. The van der Waals surface area contributed by atoms with Gasteiger partial charge < -0.3 is 5.32 Å². The SMILES string of the molecule is O=C1NCc2c(Cc3cccs3)n[nH]c(=O)c21. The van der Waals surface area contributed by atoms with Crippen molar-refractivity contribution in [2.75, 3.05) is 0 Å². The Labute approximate surface area is 100 Å². The molecule has 0 saturated carbocycles. The second kappa shape index (κ2) is 3.81. The zero-order chi connectivity index (χ0) is 11.8. The van der Waals surface area contributed by atoms with Crippen LogP contribution in [0.1, 0.15) is 26.5 Å². The van der Waals surface area contributed by atoms with Gasteiger partial charge in [-0.3, -0.25) is 9.59 Å². The lowest BCUT2D eigenvalue weighted by atomic mass is 10.1. The maximum absolute atomic E-state index is 11.5. The normalized spacial score (nSPS) is 13.5. The largest absolute Gasteiger partial charge is 0.348 e. The Morgan fingerprint density at radius 3 is 3.06 bits per heavy atom. The molecule has 3 rings (SSSR count). The summed E-state index contributed by atoms with van der Waals surface area (Å²) < 4.78 is 0. The molecular formula is C11H9N3O2S. The first-order valence-electron chi connectivity index (χ1n) is 5.16. The predicted molar refractivity (Wildman–Crippen MR) is 63.2 cm³/mol. The van der Waals surface area contributed by atoms with Crippen LogP contribution in [-0.2, 0) is 13.0 Å². The average molecular weight is 247 g/mol. The van der Waals surface area contributed by atoms with E-state index in [0.29, 0.717) is 13.0 Å². The summed E-state index contributed by atoms with van der Waals surface area (Å²) in [5.41, 5.74) is 1.30. The van der Waals surface area contributed by atoms with Crippen molar-refractivity contribution < 1.29 is 4.79 Å². The number of H-pyrrole nitrogens is 1. The molecule has 3 heterocycles. The number of aromatic nitrogens is 2. The minimum Gasteiger partial charge on any atom is -0.348 e. The van der Waals surface area contributed by atoms with Gasteiger partial charge in [0.1, 0.15) is 5.56 Å². The number of nitrogens with one attached hydrogen (secondary N) is 2. The van der Waals surface area contributed by atoms with Crippen molar-refractivity contribution >= 4 is 17.2 Å². The van der Waals surface area contributed by atoms with Crippen molar-refractivity contribution in [3.8, 4) is 0 Å². The summed E-state index contributed by atoms with van der Waals surface area (Å²) in [6.07, 6.45) is 0.645. The molecule has 0 aromatic carbocycles. The maximum atomic E-state index is 11.5. The fourth-order valence-corrected chi connectivity index (χ4v) is 2.64. The molecule has 0 aliphatic carbocycles. The number of carbonyl (C=O) groups is 1. The van der Waals surface area contributed by atoms with E-state index in [1.807, 2.05) is 17.5 Å². The summed E-state index contributed by atoms with van der Waals surface area (Å²) in [5, 5.41) is 11.1. The van der Waals surface area contributed by atoms with Gasteiger partial charge in [-0.1, -0.05) is 6.07 Å². The number of aromatic amines is 1. The van der Waals surface area contributed by atoms with E-state index in [-0.39, 0.29) is 11.5 Å². The molecule has 0 radical (unpaired) electrons. The van der Waals surface area contributed by atoms with Crippen LogP contribution in [0.3, 0.4) is 0 Å². The minimum atomic E-state index is -0.412. The monoisotopic (exact) mass is 247 g/mol. The van der Waals surface area contributed by atoms with Crippen LogP contribution >= 0.6 is 11.3 Å². The van der Waals surface area contributed by atoms with Gasteiger partial charge >= 0.3 is 0 Å². The van der Waals surface area contributed by atoms with Gasteiger partial charge in [-0.15, -0.1) is 11.3 Å². The van der Waals surface area contributed by atoms with E-state index < -0.39 is 5.56 Å². The zero-order valence-corrected chi connectivity index (χ0v) is 9.63. The number of hydrogen-bond donors (Lipinski definition) is 2. The molecule has 0 fully saturated rings. The van der Waals surface area contributed by atoms with Gasteiger partial charge in [0.15, 0.2) is 0 Å². The van der Waals surface area contributed by atoms with Crippen molar-refractivity contribution in [3.63, 3.8) is 0 Å². The van der Waals surface area contributed by atoms with E-state index in [2.05, 4.69) is 15.5 Å². The number of rotatable bonds is 2. The van der Waals surface area contributed by atoms with Gasteiger partial charge in [0.05, 0.1) is 5.69 Å². The second-order valence-electron chi connectivity index (χ2n) is 3.79. The number of thiophene rings is 1. The lowest BCUT2D eigenvalue weighted by molar-refractivity contribution is 0.0964. The van der Waals surface area contributed by atoms with Crippen LogP contribution in [0.5, 0.6) is 0 Å². The summed E-state index contributed by atoms with van der Waals surface area (Å²) >= 11 is 1.63. The standard InChI is InChI=1S/C11H9N3O2S/c15-10-9-7(5-12-10)8(13-14-11(9)16)4-6-2-1-3-17-6/h1-3H,4-5H2,(H,12,15)(H,14,16). The van der Waals surface area contributed by atoms with Crippen molar-refractivity contribution in [3.05, 3.63) is 49.6 Å². The topological polar surface area (TPSA) is 74.8 Å². The van der Waals surface area contributed by atoms with Gasteiger partial charge in [0.25, 0.3) is 11.5 Å². The second-order valence-corrected chi connectivity index (χ2v) is 4.82. The Hall–Kier alpha value is -1.95. The molecule has 86 valence electrons.